The summed E-state index contributed by atoms with van der Waals surface area (Å²) >= 11 is 0. The third kappa shape index (κ3) is 14.8. The van der Waals surface area contributed by atoms with Crippen LogP contribution >= 0.6 is 8.53 Å². The van der Waals surface area contributed by atoms with Gasteiger partial charge in [-0.1, -0.05) is 170 Å². The molecule has 1 saturated heterocycles. The van der Waals surface area contributed by atoms with E-state index in [2.05, 4.69) is 116 Å². The van der Waals surface area contributed by atoms with Crippen LogP contribution in [-0.4, -0.2) is 98.3 Å². The highest BCUT2D eigenvalue weighted by atomic mass is 31.2. The van der Waals surface area contributed by atoms with Gasteiger partial charge in [0.15, 0.2) is 0 Å². The standard InChI is InChI=1S/C86H76N9O9P/c1-55(2)95(56(3)4)105(102-51-49-87)104-76-52-78(103-77(76)54-101-86(63-27-17-10-18-28-63,64-33-37-66(99-5)38-34-64)65-35-39-67(100-6)40-36-65)94-53-62(84(97)93-85(94)98)26-19-50-88-83(96)61-31-29-60(30-32-61)82-74-47-45-72(91-74)80(58-22-13-8-14-23-58)70-43-41-68(89-70)79(57-20-11-7-12-21-57)69-42-44-71(90-69)81(59-24-15-9-16-25-59)73-46-48-75(82)92-73/h7-18,20-25,27-48,53,55-56,76-78,89,92H,50-52,54H2,1-6H3,(H,88,96)(H,93,97,98)/t76-,77+,78+,105?/m0/s1. The van der Waals surface area contributed by atoms with Crippen molar-refractivity contribution in [1.82, 2.24) is 39.5 Å². The highest BCUT2D eigenvalue weighted by molar-refractivity contribution is 7.44. The molecular weight excluding hydrogens is 1330 g/mol. The fourth-order valence-corrected chi connectivity index (χ4v) is 15.6. The van der Waals surface area contributed by atoms with E-state index in [-0.39, 0.29) is 43.8 Å². The number of nitrogens with one attached hydrogen (secondary N) is 4. The molecule has 0 aliphatic carbocycles. The van der Waals surface area contributed by atoms with E-state index in [0.717, 1.165) is 100 Å². The summed E-state index contributed by atoms with van der Waals surface area (Å²) in [6, 6.07) is 73.7. The van der Waals surface area contributed by atoms with Gasteiger partial charge in [0, 0.05) is 74.6 Å². The van der Waals surface area contributed by atoms with E-state index in [1.807, 2.05) is 185 Å². The van der Waals surface area contributed by atoms with Crippen molar-refractivity contribution in [1.29, 1.82) is 5.26 Å². The summed E-state index contributed by atoms with van der Waals surface area (Å²) < 4.78 is 42.1. The number of benzene rings is 7. The van der Waals surface area contributed by atoms with E-state index < -0.39 is 49.7 Å². The van der Waals surface area contributed by atoms with Gasteiger partial charge in [-0.05, 0) is 152 Å². The zero-order valence-electron chi connectivity index (χ0n) is 58.7. The number of rotatable bonds is 22. The number of nitriles is 1. The average molecular weight is 1410 g/mol. The molecule has 7 aromatic carbocycles. The van der Waals surface area contributed by atoms with Crippen LogP contribution in [-0.2, 0) is 24.1 Å². The molecule has 18 nitrogen and oxygen atoms in total. The lowest BCUT2D eigenvalue weighted by molar-refractivity contribution is -0.0925. The number of aromatic nitrogens is 6. The van der Waals surface area contributed by atoms with Crippen LogP contribution in [0.15, 0.2) is 234 Å². The van der Waals surface area contributed by atoms with Crippen molar-refractivity contribution < 1.29 is 32.8 Å². The topological polar surface area (TPSA) is 224 Å². The lowest BCUT2D eigenvalue weighted by Crippen LogP contribution is -2.39. The van der Waals surface area contributed by atoms with Crippen LogP contribution in [0.5, 0.6) is 11.5 Å². The van der Waals surface area contributed by atoms with Crippen LogP contribution in [0.4, 0.5) is 0 Å². The second-order valence-corrected chi connectivity index (χ2v) is 27.3. The molecule has 4 aromatic heterocycles. The summed E-state index contributed by atoms with van der Waals surface area (Å²) in [5.74, 6) is 6.75. The Morgan fingerprint density at radius 1 is 0.600 bits per heavy atom. The van der Waals surface area contributed by atoms with Crippen LogP contribution < -0.4 is 26.0 Å². The predicted octanol–water partition coefficient (Wildman–Crippen LogP) is 16.5. The van der Waals surface area contributed by atoms with Crippen molar-refractivity contribution in [2.45, 2.75) is 70.2 Å². The molecule has 3 aliphatic rings. The van der Waals surface area contributed by atoms with Crippen molar-refractivity contribution in [3.05, 3.63) is 296 Å². The number of aromatic amines is 3. The molecule has 4 atom stereocenters. The Hall–Kier alpha value is -11.8. The molecule has 7 heterocycles. The minimum Gasteiger partial charge on any atom is -0.497 e. The van der Waals surface area contributed by atoms with Crippen LogP contribution in [0, 0.1) is 23.2 Å². The molecule has 105 heavy (non-hydrogen) atoms. The Labute approximate surface area is 609 Å². The lowest BCUT2D eigenvalue weighted by Gasteiger charge is -2.38. The second kappa shape index (κ2) is 31.4. The molecular formula is C86H76N9O9P. The molecule has 1 unspecified atom stereocenters. The molecule has 0 spiro atoms. The van der Waals surface area contributed by atoms with E-state index in [4.69, 9.17) is 38.0 Å². The van der Waals surface area contributed by atoms with Gasteiger partial charge < -0.3 is 43.3 Å². The van der Waals surface area contributed by atoms with Gasteiger partial charge in [0.2, 0.25) is 0 Å². The maximum Gasteiger partial charge on any atom is 0.330 e. The zero-order valence-corrected chi connectivity index (χ0v) is 59.6. The third-order valence-electron chi connectivity index (χ3n) is 18.7. The normalized spacial score (nSPS) is 15.0. The molecule has 8 bridgehead atoms. The maximum absolute atomic E-state index is 14.1. The van der Waals surface area contributed by atoms with E-state index in [1.165, 1.54) is 10.8 Å². The first kappa shape index (κ1) is 70.2. The van der Waals surface area contributed by atoms with Crippen LogP contribution in [0.1, 0.15) is 95.7 Å². The van der Waals surface area contributed by atoms with E-state index in [1.54, 1.807) is 26.4 Å². The number of methoxy groups -OCH3 is 2. The number of fused-ring (bicyclic) bond motifs is 8. The van der Waals surface area contributed by atoms with Crippen LogP contribution in [0.2, 0.25) is 0 Å². The number of amides is 1. The van der Waals surface area contributed by atoms with Gasteiger partial charge in [-0.25, -0.2) is 19.4 Å². The Balaban J connectivity index is 0.771. The molecule has 0 radical (unpaired) electrons. The maximum atomic E-state index is 14.1. The Morgan fingerprint density at radius 2 is 1.04 bits per heavy atom. The quantitative estimate of drug-likeness (QED) is 0.0282. The highest BCUT2D eigenvalue weighted by Gasteiger charge is 2.45. The molecule has 1 fully saturated rings. The van der Waals surface area contributed by atoms with Crippen molar-refractivity contribution in [3.8, 4) is 73.9 Å². The molecule has 4 N–H and O–H groups in total. The first-order chi connectivity index (χ1) is 51.3. The number of hydrogen-bond acceptors (Lipinski definition) is 13. The first-order valence-corrected chi connectivity index (χ1v) is 35.9. The van der Waals surface area contributed by atoms with E-state index in [9.17, 15) is 19.6 Å². The monoisotopic (exact) mass is 1410 g/mol. The van der Waals surface area contributed by atoms with Gasteiger partial charge in [-0.3, -0.25) is 19.1 Å². The summed E-state index contributed by atoms with van der Waals surface area (Å²) in [5, 5.41) is 12.7. The average Bonchev–Trinajstić information content (AvgIpc) is 1.27. The summed E-state index contributed by atoms with van der Waals surface area (Å²) in [7, 11) is 1.33. The Morgan fingerprint density at radius 3 is 1.48 bits per heavy atom. The third-order valence-corrected chi connectivity index (χ3v) is 20.8. The smallest absolute Gasteiger partial charge is 0.330 e. The van der Waals surface area contributed by atoms with Crippen molar-refractivity contribution in [2.24, 2.45) is 0 Å². The van der Waals surface area contributed by atoms with Gasteiger partial charge in [-0.2, -0.15) is 5.26 Å². The number of nitrogens with zero attached hydrogens (tertiary/aromatic N) is 5. The molecule has 524 valence electrons. The molecule has 19 heteroatoms. The van der Waals surface area contributed by atoms with Crippen LogP contribution in [0.25, 0.3) is 90.9 Å². The number of ether oxygens (including phenoxy) is 4. The fraction of sp³-hybridized carbons (Fsp3) is 0.186. The molecule has 1 amide bonds. The number of carbonyl (C=O) groups is 1. The van der Waals surface area contributed by atoms with E-state index in [0.29, 0.717) is 22.8 Å². The summed E-state index contributed by atoms with van der Waals surface area (Å²) in [5.41, 5.74) is 13.9. The van der Waals surface area contributed by atoms with Crippen molar-refractivity contribution >= 4 is 60.8 Å². The predicted molar refractivity (Wildman–Crippen MR) is 413 cm³/mol. The van der Waals surface area contributed by atoms with Gasteiger partial charge in [0.05, 0.1) is 62.3 Å². The van der Waals surface area contributed by atoms with Gasteiger partial charge in [-0.15, -0.1) is 0 Å². The number of H-pyrrole nitrogens is 3. The molecule has 14 rings (SSSR count). The summed E-state index contributed by atoms with van der Waals surface area (Å²) in [4.78, 5) is 62.8. The van der Waals surface area contributed by atoms with Gasteiger partial charge in [0.25, 0.3) is 20.0 Å². The zero-order chi connectivity index (χ0) is 72.6. The van der Waals surface area contributed by atoms with Crippen molar-refractivity contribution in [3.63, 3.8) is 0 Å². The summed E-state index contributed by atoms with van der Waals surface area (Å²) in [6.07, 6.45) is 7.03. The second-order valence-electron chi connectivity index (χ2n) is 25.9. The number of hydrogen-bond donors (Lipinski definition) is 4. The highest BCUT2D eigenvalue weighted by Crippen LogP contribution is 2.51. The van der Waals surface area contributed by atoms with Gasteiger partial charge in [0.1, 0.15) is 41.6 Å². The summed E-state index contributed by atoms with van der Waals surface area (Å²) in [6.45, 7) is 7.64. The Bertz CT molecular complexity index is 5360. The van der Waals surface area contributed by atoms with E-state index >= 15 is 0 Å². The molecule has 0 saturated carbocycles. The molecule has 11 aromatic rings. The lowest BCUT2D eigenvalue weighted by atomic mass is 9.80. The first-order valence-electron chi connectivity index (χ1n) is 34.7. The largest absolute Gasteiger partial charge is 0.497 e. The van der Waals surface area contributed by atoms with Gasteiger partial charge >= 0.3 is 5.69 Å². The minimum absolute atomic E-state index is 0.0457. The Kier molecular flexibility index (Phi) is 21.0. The molecule has 3 aliphatic heterocycles. The van der Waals surface area contributed by atoms with Crippen molar-refractivity contribution in [2.75, 3.05) is 34.0 Å². The fourth-order valence-electron chi connectivity index (χ4n) is 13.9. The van der Waals surface area contributed by atoms with Crippen LogP contribution in [0.3, 0.4) is 0 Å². The SMILES string of the molecule is COc1ccc(C(OC[C@H]2O[C@@H](n3cc(C#CCNC(=O)c4ccc(-c5c6nc(c(-c7ccccc7)c7ccc([nH]7)c(-c7ccccc7)c7nc(c(-c8ccccc8)c8ccc5[nH]8)C=C7)C=C6)cc4)c(=O)[nH]c3=O)C[C@@H]2OP(OCC#N)N(C(C)C)C(C)C)(c2ccccc2)c2ccc(OC)cc2)cc1. The minimum atomic E-state index is -1.89. The number of carbonyl (C=O) groups excluding carboxylic acids is 1.